The van der Waals surface area contributed by atoms with Crippen molar-refractivity contribution in [1.29, 1.82) is 0 Å². The van der Waals surface area contributed by atoms with E-state index in [0.717, 1.165) is 25.0 Å². The Morgan fingerprint density at radius 2 is 2.32 bits per heavy atom. The number of pyridine rings is 1. The van der Waals surface area contributed by atoms with Crippen molar-refractivity contribution in [3.63, 3.8) is 0 Å². The minimum absolute atomic E-state index is 0.0401. The number of carbonyl (C=O) groups excluding carboxylic acids is 1. The molecule has 0 fully saturated rings. The fraction of sp³-hybridized carbons (Fsp3) is 0.571. The molecule has 0 saturated heterocycles. The van der Waals surface area contributed by atoms with Crippen molar-refractivity contribution in [3.8, 4) is 0 Å². The molecule has 3 N–H and O–H groups in total. The van der Waals surface area contributed by atoms with Crippen LogP contribution >= 0.6 is 0 Å². The normalized spacial score (nSPS) is 17.8. The average molecular weight is 263 g/mol. The maximum absolute atomic E-state index is 11.4. The molecule has 2 rings (SSSR count). The smallest absolute Gasteiger partial charge is 0.248 e. The lowest BCUT2D eigenvalue weighted by atomic mass is 9.91. The van der Waals surface area contributed by atoms with E-state index in [1.165, 1.54) is 5.56 Å². The fourth-order valence-electron chi connectivity index (χ4n) is 2.56. The van der Waals surface area contributed by atoms with Crippen LogP contribution in [0.15, 0.2) is 16.9 Å². The fourth-order valence-corrected chi connectivity index (χ4v) is 2.56. The molecule has 0 bridgehead atoms. The lowest BCUT2D eigenvalue weighted by Crippen LogP contribution is -2.31. The predicted molar refractivity (Wildman–Crippen MR) is 74.0 cm³/mol. The number of hydrogen-bond acceptors (Lipinski definition) is 3. The molecule has 1 atom stereocenters. The minimum atomic E-state index is -0.0401. The van der Waals surface area contributed by atoms with Gasteiger partial charge in [-0.05, 0) is 31.7 Å². The zero-order valence-corrected chi connectivity index (χ0v) is 11.3. The number of amides is 1. The van der Waals surface area contributed by atoms with Crippen molar-refractivity contribution in [3.05, 3.63) is 33.7 Å². The van der Waals surface area contributed by atoms with E-state index in [4.69, 9.17) is 0 Å². The molecular weight excluding hydrogens is 242 g/mol. The van der Waals surface area contributed by atoms with E-state index in [-0.39, 0.29) is 17.5 Å². The van der Waals surface area contributed by atoms with Crippen LogP contribution in [0.1, 0.15) is 43.5 Å². The SMILES string of the molecule is CCNC(=O)CCNC1CCCc2[nH]c(=O)ccc21. The van der Waals surface area contributed by atoms with Gasteiger partial charge in [0, 0.05) is 37.3 Å². The molecule has 1 aliphatic carbocycles. The zero-order valence-electron chi connectivity index (χ0n) is 11.3. The van der Waals surface area contributed by atoms with E-state index in [1.54, 1.807) is 6.07 Å². The number of aromatic amines is 1. The molecule has 0 spiro atoms. The van der Waals surface area contributed by atoms with E-state index >= 15 is 0 Å². The second kappa shape index (κ2) is 6.52. The summed E-state index contributed by atoms with van der Waals surface area (Å²) in [5.74, 6) is 0.0764. The quantitative estimate of drug-likeness (QED) is 0.738. The molecule has 104 valence electrons. The van der Waals surface area contributed by atoms with Crippen LogP contribution < -0.4 is 16.2 Å². The van der Waals surface area contributed by atoms with Crippen molar-refractivity contribution in [1.82, 2.24) is 15.6 Å². The highest BCUT2D eigenvalue weighted by molar-refractivity contribution is 5.75. The monoisotopic (exact) mass is 263 g/mol. The average Bonchev–Trinajstić information content (AvgIpc) is 2.39. The van der Waals surface area contributed by atoms with Crippen molar-refractivity contribution in [2.45, 2.75) is 38.6 Å². The van der Waals surface area contributed by atoms with Crippen LogP contribution in [-0.4, -0.2) is 24.0 Å². The van der Waals surface area contributed by atoms with Crippen LogP contribution in [0.3, 0.4) is 0 Å². The first kappa shape index (κ1) is 13.8. The van der Waals surface area contributed by atoms with E-state index in [1.807, 2.05) is 13.0 Å². The molecule has 1 heterocycles. The molecular formula is C14H21N3O2. The lowest BCUT2D eigenvalue weighted by molar-refractivity contribution is -0.120. The molecule has 1 aromatic heterocycles. The van der Waals surface area contributed by atoms with Crippen LogP contribution in [0.5, 0.6) is 0 Å². The van der Waals surface area contributed by atoms with Gasteiger partial charge < -0.3 is 15.6 Å². The lowest BCUT2D eigenvalue weighted by Gasteiger charge is -2.25. The summed E-state index contributed by atoms with van der Waals surface area (Å²) < 4.78 is 0. The van der Waals surface area contributed by atoms with Gasteiger partial charge in [0.15, 0.2) is 0 Å². The van der Waals surface area contributed by atoms with Gasteiger partial charge in [0.25, 0.3) is 0 Å². The Morgan fingerprint density at radius 1 is 1.47 bits per heavy atom. The first-order valence-corrected chi connectivity index (χ1v) is 6.93. The van der Waals surface area contributed by atoms with Gasteiger partial charge in [-0.2, -0.15) is 0 Å². The second-order valence-corrected chi connectivity index (χ2v) is 4.86. The van der Waals surface area contributed by atoms with Gasteiger partial charge in [-0.25, -0.2) is 0 Å². The molecule has 0 aliphatic heterocycles. The number of fused-ring (bicyclic) bond motifs is 1. The van der Waals surface area contributed by atoms with Crippen molar-refractivity contribution in [2.75, 3.05) is 13.1 Å². The molecule has 1 amide bonds. The van der Waals surface area contributed by atoms with Gasteiger partial charge in [0.1, 0.15) is 0 Å². The highest BCUT2D eigenvalue weighted by Crippen LogP contribution is 2.27. The second-order valence-electron chi connectivity index (χ2n) is 4.86. The molecule has 1 unspecified atom stereocenters. The van der Waals surface area contributed by atoms with Gasteiger partial charge in [0.2, 0.25) is 11.5 Å². The summed E-state index contributed by atoms with van der Waals surface area (Å²) in [4.78, 5) is 25.6. The summed E-state index contributed by atoms with van der Waals surface area (Å²) >= 11 is 0. The first-order valence-electron chi connectivity index (χ1n) is 6.93. The van der Waals surface area contributed by atoms with Crippen LogP contribution in [0.2, 0.25) is 0 Å². The summed E-state index contributed by atoms with van der Waals surface area (Å²) in [6.07, 6.45) is 3.53. The molecule has 19 heavy (non-hydrogen) atoms. The van der Waals surface area contributed by atoms with Crippen LogP contribution in [-0.2, 0) is 11.2 Å². The Morgan fingerprint density at radius 3 is 3.11 bits per heavy atom. The molecule has 5 nitrogen and oxygen atoms in total. The van der Waals surface area contributed by atoms with Crippen molar-refractivity contribution < 1.29 is 4.79 Å². The third-order valence-electron chi connectivity index (χ3n) is 3.45. The maximum Gasteiger partial charge on any atom is 0.248 e. The number of carbonyl (C=O) groups is 1. The van der Waals surface area contributed by atoms with Gasteiger partial charge in [-0.1, -0.05) is 6.07 Å². The van der Waals surface area contributed by atoms with Crippen molar-refractivity contribution >= 4 is 5.91 Å². The van der Waals surface area contributed by atoms with E-state index in [9.17, 15) is 9.59 Å². The van der Waals surface area contributed by atoms with Gasteiger partial charge in [-0.3, -0.25) is 9.59 Å². The summed E-state index contributed by atoms with van der Waals surface area (Å²) in [7, 11) is 0. The molecule has 1 aromatic rings. The van der Waals surface area contributed by atoms with Crippen LogP contribution in [0.4, 0.5) is 0 Å². The summed E-state index contributed by atoms with van der Waals surface area (Å²) in [6, 6.07) is 3.72. The van der Waals surface area contributed by atoms with E-state index < -0.39 is 0 Å². The number of hydrogen-bond donors (Lipinski definition) is 3. The zero-order chi connectivity index (χ0) is 13.7. The van der Waals surface area contributed by atoms with Gasteiger partial charge in [-0.15, -0.1) is 0 Å². The Labute approximate surface area is 112 Å². The Balaban J connectivity index is 1.93. The molecule has 0 radical (unpaired) electrons. The third-order valence-corrected chi connectivity index (χ3v) is 3.45. The topological polar surface area (TPSA) is 74.0 Å². The molecule has 1 aliphatic rings. The standard InChI is InChI=1S/C14H21N3O2/c1-2-15-13(18)8-9-16-11-4-3-5-12-10(11)6-7-14(19)17-12/h6-7,11,16H,2-5,8-9H2,1H3,(H,15,18)(H,17,19). The number of rotatable bonds is 5. The van der Waals surface area contributed by atoms with Crippen molar-refractivity contribution in [2.24, 2.45) is 0 Å². The largest absolute Gasteiger partial charge is 0.356 e. The molecule has 5 heteroatoms. The summed E-state index contributed by atoms with van der Waals surface area (Å²) in [6.45, 7) is 3.25. The number of aromatic nitrogens is 1. The summed E-state index contributed by atoms with van der Waals surface area (Å²) in [5.41, 5.74) is 2.16. The van der Waals surface area contributed by atoms with Gasteiger partial charge in [0.05, 0.1) is 0 Å². The number of nitrogens with one attached hydrogen (secondary N) is 3. The van der Waals surface area contributed by atoms with Crippen LogP contribution in [0, 0.1) is 0 Å². The summed E-state index contributed by atoms with van der Waals surface area (Å²) in [5, 5.41) is 6.19. The number of H-pyrrole nitrogens is 1. The Bertz CT molecular complexity index is 496. The van der Waals surface area contributed by atoms with E-state index in [0.29, 0.717) is 19.5 Å². The third kappa shape index (κ3) is 3.67. The van der Waals surface area contributed by atoms with Crippen LogP contribution in [0.25, 0.3) is 0 Å². The molecule has 0 saturated carbocycles. The Kier molecular flexibility index (Phi) is 4.74. The number of aryl methyl sites for hydroxylation is 1. The van der Waals surface area contributed by atoms with Gasteiger partial charge >= 0.3 is 0 Å². The highest BCUT2D eigenvalue weighted by Gasteiger charge is 2.20. The minimum Gasteiger partial charge on any atom is -0.356 e. The Hall–Kier alpha value is -1.62. The predicted octanol–water partition coefficient (Wildman–Crippen LogP) is 0.868. The first-order chi connectivity index (χ1) is 9.20. The molecule has 0 aromatic carbocycles. The highest BCUT2D eigenvalue weighted by atomic mass is 16.1. The maximum atomic E-state index is 11.4. The van der Waals surface area contributed by atoms with E-state index in [2.05, 4.69) is 15.6 Å².